The Hall–Kier alpha value is -1.26. The maximum Gasteiger partial charge on any atom is 0.224 e. The molecule has 114 valence electrons. The largest absolute Gasteiger partial charge is 0.497 e. The van der Waals surface area contributed by atoms with Crippen molar-refractivity contribution in [1.82, 2.24) is 5.32 Å². The molecular formula is C15H25ClN2O2. The minimum atomic E-state index is -0.302. The lowest BCUT2D eigenvalue weighted by atomic mass is 9.94. The molecule has 0 unspecified atom stereocenters. The van der Waals surface area contributed by atoms with Crippen LogP contribution in [0.5, 0.6) is 5.75 Å². The second-order valence-electron chi connectivity index (χ2n) is 4.87. The zero-order valence-corrected chi connectivity index (χ0v) is 13.3. The van der Waals surface area contributed by atoms with Crippen LogP contribution >= 0.6 is 12.4 Å². The number of nitrogens with one attached hydrogen (secondary N) is 1. The van der Waals surface area contributed by atoms with E-state index in [9.17, 15) is 4.79 Å². The molecule has 0 aromatic heterocycles. The van der Waals surface area contributed by atoms with Crippen molar-refractivity contribution < 1.29 is 9.53 Å². The van der Waals surface area contributed by atoms with Gasteiger partial charge in [0.2, 0.25) is 5.91 Å². The van der Waals surface area contributed by atoms with Crippen molar-refractivity contribution >= 4 is 18.3 Å². The molecule has 0 fully saturated rings. The topological polar surface area (TPSA) is 64.3 Å². The summed E-state index contributed by atoms with van der Waals surface area (Å²) in [6.07, 6.45) is 2.05. The maximum absolute atomic E-state index is 11.9. The Morgan fingerprint density at radius 2 is 2.00 bits per heavy atom. The SMILES string of the molecule is CCC(N)(CC)CNC(=O)Cc1cccc(OC)c1.Cl. The summed E-state index contributed by atoms with van der Waals surface area (Å²) in [6.45, 7) is 4.60. The Labute approximate surface area is 127 Å². The van der Waals surface area contributed by atoms with Gasteiger partial charge in [0.15, 0.2) is 0 Å². The van der Waals surface area contributed by atoms with Crippen LogP contribution in [0.3, 0.4) is 0 Å². The lowest BCUT2D eigenvalue weighted by Crippen LogP contribution is -2.49. The first-order valence-corrected chi connectivity index (χ1v) is 6.71. The van der Waals surface area contributed by atoms with Gasteiger partial charge >= 0.3 is 0 Å². The molecule has 0 aliphatic heterocycles. The van der Waals surface area contributed by atoms with Crippen molar-refractivity contribution in [1.29, 1.82) is 0 Å². The van der Waals surface area contributed by atoms with E-state index < -0.39 is 0 Å². The van der Waals surface area contributed by atoms with Gasteiger partial charge in [-0.25, -0.2) is 0 Å². The number of benzene rings is 1. The molecule has 0 atom stereocenters. The minimum absolute atomic E-state index is 0. The van der Waals surface area contributed by atoms with E-state index in [4.69, 9.17) is 10.5 Å². The number of carbonyl (C=O) groups excluding carboxylic acids is 1. The van der Waals surface area contributed by atoms with E-state index in [1.54, 1.807) is 7.11 Å². The number of halogens is 1. The van der Waals surface area contributed by atoms with E-state index in [0.29, 0.717) is 13.0 Å². The summed E-state index contributed by atoms with van der Waals surface area (Å²) >= 11 is 0. The Kier molecular flexibility index (Phi) is 8.26. The molecule has 20 heavy (non-hydrogen) atoms. The summed E-state index contributed by atoms with van der Waals surface area (Å²) in [6, 6.07) is 7.53. The van der Waals surface area contributed by atoms with Crippen LogP contribution in [0.4, 0.5) is 0 Å². The molecule has 0 saturated heterocycles. The Morgan fingerprint density at radius 1 is 1.35 bits per heavy atom. The molecule has 0 heterocycles. The monoisotopic (exact) mass is 300 g/mol. The van der Waals surface area contributed by atoms with Crippen molar-refractivity contribution in [2.45, 2.75) is 38.6 Å². The number of rotatable bonds is 7. The molecule has 0 aliphatic carbocycles. The molecular weight excluding hydrogens is 276 g/mol. The van der Waals surface area contributed by atoms with Crippen molar-refractivity contribution in [3.8, 4) is 5.75 Å². The molecule has 1 amide bonds. The van der Waals surface area contributed by atoms with Gasteiger partial charge in [0, 0.05) is 12.1 Å². The van der Waals surface area contributed by atoms with Crippen LogP contribution < -0.4 is 15.8 Å². The molecule has 4 nitrogen and oxygen atoms in total. The van der Waals surface area contributed by atoms with E-state index in [1.165, 1.54) is 0 Å². The van der Waals surface area contributed by atoms with E-state index in [1.807, 2.05) is 38.1 Å². The first-order chi connectivity index (χ1) is 9.03. The van der Waals surface area contributed by atoms with E-state index >= 15 is 0 Å². The van der Waals surface area contributed by atoms with Crippen LogP contribution in [0.25, 0.3) is 0 Å². The van der Waals surface area contributed by atoms with Crippen molar-refractivity contribution in [2.24, 2.45) is 5.73 Å². The highest BCUT2D eigenvalue weighted by Gasteiger charge is 2.20. The molecule has 0 spiro atoms. The highest BCUT2D eigenvalue weighted by molar-refractivity contribution is 5.85. The van der Waals surface area contributed by atoms with Gasteiger partial charge in [-0.3, -0.25) is 4.79 Å². The van der Waals surface area contributed by atoms with Crippen LogP contribution in [0.1, 0.15) is 32.3 Å². The lowest BCUT2D eigenvalue weighted by Gasteiger charge is -2.26. The molecule has 0 bridgehead atoms. The Balaban J connectivity index is 0.00000361. The van der Waals surface area contributed by atoms with E-state index in [0.717, 1.165) is 24.2 Å². The third-order valence-corrected chi connectivity index (χ3v) is 3.54. The number of methoxy groups -OCH3 is 1. The molecule has 1 aromatic carbocycles. The van der Waals surface area contributed by atoms with Crippen molar-refractivity contribution in [3.05, 3.63) is 29.8 Å². The molecule has 5 heteroatoms. The highest BCUT2D eigenvalue weighted by atomic mass is 35.5. The third kappa shape index (κ3) is 5.80. The van der Waals surface area contributed by atoms with Gasteiger partial charge in [0.25, 0.3) is 0 Å². The van der Waals surface area contributed by atoms with Crippen LogP contribution in [0.2, 0.25) is 0 Å². The van der Waals surface area contributed by atoms with Crippen molar-refractivity contribution in [2.75, 3.05) is 13.7 Å². The smallest absolute Gasteiger partial charge is 0.224 e. The normalized spacial score (nSPS) is 10.6. The number of hydrogen-bond acceptors (Lipinski definition) is 3. The number of carbonyl (C=O) groups is 1. The summed E-state index contributed by atoms with van der Waals surface area (Å²) in [5.41, 5.74) is 6.79. The first kappa shape index (κ1) is 18.7. The average Bonchev–Trinajstić information content (AvgIpc) is 2.45. The standard InChI is InChI=1S/C15H24N2O2.ClH/c1-4-15(16,5-2)11-17-14(18)10-12-7-6-8-13(9-12)19-3;/h6-9H,4-5,10-11,16H2,1-3H3,(H,17,18);1H. The number of hydrogen-bond donors (Lipinski definition) is 2. The maximum atomic E-state index is 11.9. The highest BCUT2D eigenvalue weighted by Crippen LogP contribution is 2.13. The van der Waals surface area contributed by atoms with Gasteiger partial charge in [-0.1, -0.05) is 26.0 Å². The van der Waals surface area contributed by atoms with Crippen LogP contribution in [-0.4, -0.2) is 25.1 Å². The molecule has 1 aromatic rings. The van der Waals surface area contributed by atoms with E-state index in [2.05, 4.69) is 5.32 Å². The summed E-state index contributed by atoms with van der Waals surface area (Å²) in [5.74, 6) is 0.755. The van der Waals surface area contributed by atoms with Gasteiger partial charge in [-0.05, 0) is 30.5 Å². The van der Waals surface area contributed by atoms with Gasteiger partial charge in [0.1, 0.15) is 5.75 Å². The molecule has 0 aliphatic rings. The molecule has 0 saturated carbocycles. The Bertz CT molecular complexity index is 420. The van der Waals surface area contributed by atoms with Crippen LogP contribution in [0.15, 0.2) is 24.3 Å². The van der Waals surface area contributed by atoms with Gasteiger partial charge in [0.05, 0.1) is 13.5 Å². The first-order valence-electron chi connectivity index (χ1n) is 6.71. The predicted octanol–water partition coefficient (Wildman–Crippen LogP) is 2.29. The molecule has 1 rings (SSSR count). The summed E-state index contributed by atoms with van der Waals surface area (Å²) in [5, 5.41) is 2.91. The zero-order valence-electron chi connectivity index (χ0n) is 12.4. The van der Waals surface area contributed by atoms with Gasteiger partial charge in [-0.15, -0.1) is 12.4 Å². The molecule has 3 N–H and O–H groups in total. The number of amides is 1. The second kappa shape index (κ2) is 8.82. The van der Waals surface area contributed by atoms with Crippen LogP contribution in [-0.2, 0) is 11.2 Å². The number of nitrogens with two attached hydrogens (primary N) is 1. The third-order valence-electron chi connectivity index (χ3n) is 3.54. The van der Waals surface area contributed by atoms with E-state index in [-0.39, 0.29) is 23.9 Å². The minimum Gasteiger partial charge on any atom is -0.497 e. The lowest BCUT2D eigenvalue weighted by molar-refractivity contribution is -0.120. The quantitative estimate of drug-likeness (QED) is 0.812. The fourth-order valence-electron chi connectivity index (χ4n) is 1.80. The second-order valence-corrected chi connectivity index (χ2v) is 4.87. The van der Waals surface area contributed by atoms with Gasteiger partial charge in [-0.2, -0.15) is 0 Å². The zero-order chi connectivity index (χ0) is 14.3. The fourth-order valence-corrected chi connectivity index (χ4v) is 1.80. The van der Waals surface area contributed by atoms with Crippen LogP contribution in [0, 0.1) is 0 Å². The van der Waals surface area contributed by atoms with Crippen molar-refractivity contribution in [3.63, 3.8) is 0 Å². The fraction of sp³-hybridized carbons (Fsp3) is 0.533. The number of ether oxygens (including phenoxy) is 1. The summed E-state index contributed by atoms with van der Waals surface area (Å²) in [4.78, 5) is 11.9. The summed E-state index contributed by atoms with van der Waals surface area (Å²) < 4.78 is 5.13. The summed E-state index contributed by atoms with van der Waals surface area (Å²) in [7, 11) is 1.62. The average molecular weight is 301 g/mol. The predicted molar refractivity (Wildman–Crippen MR) is 84.5 cm³/mol. The Morgan fingerprint density at radius 3 is 2.55 bits per heavy atom. The molecule has 0 radical (unpaired) electrons. The van der Waals surface area contributed by atoms with Gasteiger partial charge < -0.3 is 15.8 Å².